The van der Waals surface area contributed by atoms with Crippen LogP contribution in [0.25, 0.3) is 0 Å². The Balaban J connectivity index is 0.00000130. The lowest BCUT2D eigenvalue weighted by molar-refractivity contribution is -0.320. The Morgan fingerprint density at radius 3 is 1.82 bits per heavy atom. The van der Waals surface area contributed by atoms with Gasteiger partial charge in [0.2, 0.25) is 0 Å². The molecule has 74 heavy (non-hydrogen) atoms. The fourth-order valence-electron chi connectivity index (χ4n) is 10.7. The molecule has 0 aromatic carbocycles. The molecule has 0 aromatic heterocycles. The van der Waals surface area contributed by atoms with E-state index < -0.39 is 118 Å². The lowest BCUT2D eigenvalue weighted by atomic mass is 9.74. The van der Waals surface area contributed by atoms with E-state index in [1.807, 2.05) is 32.8 Å². The summed E-state index contributed by atoms with van der Waals surface area (Å²) in [5.74, 6) is -5.05. The Morgan fingerprint density at radius 1 is 0.770 bits per heavy atom. The summed E-state index contributed by atoms with van der Waals surface area (Å²) in [6, 6.07) is -0.278. The molecule has 0 saturated carbocycles. The molecule has 3 aliphatic rings. The van der Waals surface area contributed by atoms with E-state index in [1.165, 1.54) is 66.1 Å². The molecule has 3 saturated heterocycles. The zero-order valence-electron chi connectivity index (χ0n) is 47.7. The van der Waals surface area contributed by atoms with E-state index in [1.54, 1.807) is 55.4 Å². The second-order valence-electron chi connectivity index (χ2n) is 21.9. The first-order valence-corrected chi connectivity index (χ1v) is 28.4. The maximum absolute atomic E-state index is 14.3. The van der Waals surface area contributed by atoms with Crippen LogP contribution < -0.4 is 0 Å². The number of hydrogen-bond acceptors (Lipinski definition) is 18. The average Bonchev–Trinajstić information content (AvgIpc) is 3.33. The minimum atomic E-state index is -4.23. The molecule has 3 heterocycles. The summed E-state index contributed by atoms with van der Waals surface area (Å²) in [5, 5.41) is 34.2. The Morgan fingerprint density at radius 2 is 1.32 bits per heavy atom. The van der Waals surface area contributed by atoms with E-state index in [2.05, 4.69) is 11.1 Å². The molecule has 3 rings (SSSR count). The summed E-state index contributed by atoms with van der Waals surface area (Å²) in [6.07, 6.45) is 3.18. The van der Waals surface area contributed by atoms with Crippen LogP contribution in [-0.4, -0.2) is 170 Å². The molecule has 4 N–H and O–H groups in total. The van der Waals surface area contributed by atoms with Crippen LogP contribution in [0.3, 0.4) is 0 Å². The number of halogens is 1. The zero-order valence-corrected chi connectivity index (χ0v) is 50.9. The molecule has 0 aliphatic carbocycles. The number of rotatable bonds is 22. The van der Waals surface area contributed by atoms with Gasteiger partial charge in [-0.05, 0) is 81.3 Å². The van der Waals surface area contributed by atoms with Gasteiger partial charge in [-0.2, -0.15) is 8.42 Å². The summed E-state index contributed by atoms with van der Waals surface area (Å²) < 4.78 is 83.6. The number of carbonyl (C=O) groups is 3. The van der Waals surface area contributed by atoms with Gasteiger partial charge in [0.05, 0.1) is 60.3 Å². The van der Waals surface area contributed by atoms with Crippen molar-refractivity contribution in [3.8, 4) is 0 Å². The summed E-state index contributed by atoms with van der Waals surface area (Å²) >= 11 is 0. The van der Waals surface area contributed by atoms with Gasteiger partial charge in [-0.15, -0.1) is 24.0 Å². The van der Waals surface area contributed by atoms with Gasteiger partial charge >= 0.3 is 22.3 Å². The second-order valence-corrected chi connectivity index (χ2v) is 23.0. The van der Waals surface area contributed by atoms with Gasteiger partial charge < -0.3 is 58.1 Å². The fourth-order valence-corrected chi connectivity index (χ4v) is 11.0. The Labute approximate surface area is 461 Å². The van der Waals surface area contributed by atoms with E-state index in [4.69, 9.17) is 42.4 Å². The number of likely N-dealkylation sites (N-methyl/N-ethyl adjacent to an activating group) is 1. The highest BCUT2D eigenvalue weighted by Gasteiger charge is 2.54. The summed E-state index contributed by atoms with van der Waals surface area (Å²) in [4.78, 5) is 43.3. The van der Waals surface area contributed by atoms with Crippen LogP contribution in [0.5, 0.6) is 0 Å². The number of hydrogen-bond donors (Lipinski definition) is 4. The molecule has 0 spiro atoms. The van der Waals surface area contributed by atoms with Gasteiger partial charge in [-0.1, -0.05) is 99.3 Å². The standard InChI is InChI=1S/C41H73NO14.C12H26O4S.HI/c1-16-28-41(11,48)34(45)23(5)31(44)21(3)19-40(10,50-15)36(56-38-33(54-29(43)17-2)27(42(12)13)18-22(4)51-38)24(6)32(25(7)37(47)53-28)55-30-20-39(9,49-14)35(46)26(8)52-30;1-2-3-4-5-6-7-8-9-10-11-12-16-17(13,14)15;/h21-28,30,32-36,38,45-46,48H,16-20H2,1-15H3;2-12H2,1H3,(H,13,14,15);1H/t21-,22?,23?,24?,25-,26?,27?,28-,30?,32+,33?,34-,35?,36-,38?,39?,40-,41-;;/m1../s1. The SMILES string of the molecule is CCC(=O)OC1C(O[C@@H]2C(C)[C@H](OC3CC(C)(OC)C(O)C(C)O3)[C@@H](C)C(=O)O[C@H](CC)[C@@](C)(O)[C@H](O)C(C)C(=O)[C@H](C)C[C@@]2(C)OC)OC(C)CC1N(C)C.CCCCCCCCCCCCOS(=O)(=O)O.I. The van der Waals surface area contributed by atoms with E-state index in [0.29, 0.717) is 12.8 Å². The summed E-state index contributed by atoms with van der Waals surface area (Å²) in [6.45, 7) is 21.1. The number of unbranched alkanes of at least 4 members (excludes halogenated alkanes) is 9. The van der Waals surface area contributed by atoms with Crippen molar-refractivity contribution in [3.05, 3.63) is 0 Å². The number of carbonyl (C=O) groups excluding carboxylic acids is 3. The van der Waals surface area contributed by atoms with Gasteiger partial charge in [0, 0.05) is 44.8 Å². The molecule has 18 atom stereocenters. The number of Topliss-reactive ketones (excluding diaryl/α,β-unsaturated/α-hetero) is 1. The topological polar surface area (TPSA) is 253 Å². The van der Waals surface area contributed by atoms with Crippen molar-refractivity contribution in [2.75, 3.05) is 34.9 Å². The molecule has 3 fully saturated rings. The number of aliphatic hydroxyl groups excluding tert-OH is 2. The lowest BCUT2D eigenvalue weighted by Gasteiger charge is -2.50. The normalized spacial score (nSPS) is 37.7. The summed E-state index contributed by atoms with van der Waals surface area (Å²) in [5.41, 5.74) is -4.33. The number of esters is 2. The molecule has 0 bridgehead atoms. The number of aliphatic hydroxyl groups is 3. The predicted octanol–water partition coefficient (Wildman–Crippen LogP) is 7.75. The van der Waals surface area contributed by atoms with Crippen molar-refractivity contribution in [2.45, 2.75) is 264 Å². The van der Waals surface area contributed by atoms with Crippen LogP contribution in [0.4, 0.5) is 0 Å². The van der Waals surface area contributed by atoms with Crippen LogP contribution in [0.2, 0.25) is 0 Å². The minimum absolute atomic E-state index is 0. The van der Waals surface area contributed by atoms with Gasteiger partial charge in [0.15, 0.2) is 18.7 Å². The molecule has 0 aromatic rings. The largest absolute Gasteiger partial charge is 0.459 e. The third-order valence-corrected chi connectivity index (χ3v) is 16.0. The van der Waals surface area contributed by atoms with Crippen molar-refractivity contribution < 1.29 is 84.8 Å². The van der Waals surface area contributed by atoms with E-state index in [9.17, 15) is 38.1 Å². The molecular weight excluding hydrogens is 1100 g/mol. The molecule has 19 nitrogen and oxygen atoms in total. The zero-order chi connectivity index (χ0) is 55.6. The number of nitrogens with zero attached hydrogens (tertiary/aromatic N) is 1. The highest BCUT2D eigenvalue weighted by Crippen LogP contribution is 2.42. The maximum atomic E-state index is 14.3. The smallest absolute Gasteiger partial charge is 0.397 e. The van der Waals surface area contributed by atoms with Crippen LogP contribution in [-0.2, 0) is 66.9 Å². The third-order valence-electron chi connectivity index (χ3n) is 15.5. The quantitative estimate of drug-likeness (QED) is 0.0350. The molecule has 0 radical (unpaired) electrons. The van der Waals surface area contributed by atoms with Gasteiger partial charge in [-0.3, -0.25) is 18.9 Å². The van der Waals surface area contributed by atoms with E-state index in [0.717, 1.165) is 12.8 Å². The summed E-state index contributed by atoms with van der Waals surface area (Å²) in [7, 11) is 2.56. The second kappa shape index (κ2) is 32.8. The number of ether oxygens (including phenoxy) is 8. The number of methoxy groups -OCH3 is 2. The van der Waals surface area contributed by atoms with E-state index in [-0.39, 0.29) is 74.2 Å². The Hall–Kier alpha value is -1.19. The minimum Gasteiger partial charge on any atom is -0.459 e. The molecule has 21 heteroatoms. The molecule has 0 amide bonds. The lowest BCUT2D eigenvalue weighted by Crippen LogP contribution is -2.62. The van der Waals surface area contributed by atoms with Gasteiger partial charge in [0.25, 0.3) is 0 Å². The number of cyclic esters (lactones) is 1. The first-order chi connectivity index (χ1) is 34.0. The molecule has 10 unspecified atom stereocenters. The monoisotopic (exact) mass is 1200 g/mol. The van der Waals surface area contributed by atoms with Crippen LogP contribution in [0.1, 0.15) is 179 Å². The van der Waals surface area contributed by atoms with Crippen LogP contribution >= 0.6 is 24.0 Å². The van der Waals surface area contributed by atoms with Crippen LogP contribution in [0, 0.1) is 23.7 Å². The van der Waals surface area contributed by atoms with Crippen LogP contribution in [0.15, 0.2) is 0 Å². The average molecular weight is 1200 g/mol. The predicted molar refractivity (Wildman–Crippen MR) is 290 cm³/mol. The Kier molecular flexibility index (Phi) is 31.4. The maximum Gasteiger partial charge on any atom is 0.397 e. The number of ketones is 1. The van der Waals surface area contributed by atoms with E-state index >= 15 is 0 Å². The van der Waals surface area contributed by atoms with Crippen molar-refractivity contribution >= 4 is 52.1 Å². The first kappa shape index (κ1) is 70.8. The van der Waals surface area contributed by atoms with Crippen molar-refractivity contribution in [1.29, 1.82) is 0 Å². The molecule has 3 aliphatic heterocycles. The highest BCUT2D eigenvalue weighted by atomic mass is 127. The van der Waals surface area contributed by atoms with Crippen molar-refractivity contribution in [1.82, 2.24) is 4.90 Å². The van der Waals surface area contributed by atoms with Gasteiger partial charge in [0.1, 0.15) is 23.6 Å². The first-order valence-electron chi connectivity index (χ1n) is 27.0. The van der Waals surface area contributed by atoms with Crippen molar-refractivity contribution in [2.24, 2.45) is 23.7 Å². The van der Waals surface area contributed by atoms with Crippen molar-refractivity contribution in [3.63, 3.8) is 0 Å². The fraction of sp³-hybridized carbons (Fsp3) is 0.943. The van der Waals surface area contributed by atoms with Gasteiger partial charge in [-0.25, -0.2) is 4.18 Å². The Bertz CT molecular complexity index is 1760. The third kappa shape index (κ3) is 20.8. The highest BCUT2D eigenvalue weighted by molar-refractivity contribution is 14.0. The molecular formula is C53H100INO18S. The molecule has 438 valence electrons.